The number of aryl methyl sites for hydroxylation is 1. The second-order valence-corrected chi connectivity index (χ2v) is 4.29. The summed E-state index contributed by atoms with van der Waals surface area (Å²) in [5.74, 6) is 0. The van der Waals surface area contributed by atoms with Crippen molar-refractivity contribution in [2.45, 2.75) is 19.9 Å². The highest BCUT2D eigenvalue weighted by molar-refractivity contribution is 5.38. The van der Waals surface area contributed by atoms with Crippen molar-refractivity contribution in [2.75, 3.05) is 6.54 Å². The molecule has 0 fully saturated rings. The van der Waals surface area contributed by atoms with Crippen LogP contribution in [0.25, 0.3) is 5.69 Å². The molecule has 0 atom stereocenters. The lowest BCUT2D eigenvalue weighted by molar-refractivity contribution is 0.614. The molecule has 1 aliphatic heterocycles. The standard InChI is InChI=1S/C13H15N3/c1-10-3-2-4-12(7-10)16-13-9-14-6-5-11(13)8-15-16/h2-4,7-8,14H,5-6,9H2,1H3. The van der Waals surface area contributed by atoms with Crippen molar-refractivity contribution in [3.8, 4) is 5.69 Å². The van der Waals surface area contributed by atoms with Gasteiger partial charge in [0.15, 0.2) is 0 Å². The first kappa shape index (κ1) is 9.60. The summed E-state index contributed by atoms with van der Waals surface area (Å²) in [4.78, 5) is 0. The Labute approximate surface area is 95.1 Å². The van der Waals surface area contributed by atoms with Crippen LogP contribution in [0.1, 0.15) is 16.8 Å². The van der Waals surface area contributed by atoms with Crippen LogP contribution in [0.2, 0.25) is 0 Å². The first-order valence-corrected chi connectivity index (χ1v) is 5.68. The third-order valence-electron chi connectivity index (χ3n) is 3.07. The van der Waals surface area contributed by atoms with E-state index >= 15 is 0 Å². The van der Waals surface area contributed by atoms with Crippen LogP contribution in [0.15, 0.2) is 30.5 Å². The quantitative estimate of drug-likeness (QED) is 0.783. The first-order chi connectivity index (χ1) is 7.84. The Kier molecular flexibility index (Phi) is 2.26. The Morgan fingerprint density at radius 1 is 1.38 bits per heavy atom. The number of fused-ring (bicyclic) bond motifs is 1. The van der Waals surface area contributed by atoms with Crippen molar-refractivity contribution < 1.29 is 0 Å². The molecular formula is C13H15N3. The Balaban J connectivity index is 2.09. The molecule has 1 aromatic heterocycles. The van der Waals surface area contributed by atoms with E-state index in [0.717, 1.165) is 25.2 Å². The highest BCUT2D eigenvalue weighted by Gasteiger charge is 2.15. The molecule has 16 heavy (non-hydrogen) atoms. The van der Waals surface area contributed by atoms with Gasteiger partial charge in [0.05, 0.1) is 17.6 Å². The van der Waals surface area contributed by atoms with Gasteiger partial charge in [-0.05, 0) is 43.1 Å². The van der Waals surface area contributed by atoms with Crippen molar-refractivity contribution in [1.29, 1.82) is 0 Å². The van der Waals surface area contributed by atoms with Gasteiger partial charge in [-0.25, -0.2) is 4.68 Å². The Morgan fingerprint density at radius 3 is 3.19 bits per heavy atom. The van der Waals surface area contributed by atoms with Crippen LogP contribution in [0.3, 0.4) is 0 Å². The topological polar surface area (TPSA) is 29.9 Å². The summed E-state index contributed by atoms with van der Waals surface area (Å²) in [6.45, 7) is 4.09. The molecule has 0 unspecified atom stereocenters. The Bertz CT molecular complexity index is 514. The summed E-state index contributed by atoms with van der Waals surface area (Å²) >= 11 is 0. The van der Waals surface area contributed by atoms with E-state index < -0.39 is 0 Å². The molecule has 0 saturated carbocycles. The molecule has 2 heterocycles. The van der Waals surface area contributed by atoms with Gasteiger partial charge in [-0.2, -0.15) is 5.10 Å². The van der Waals surface area contributed by atoms with Crippen LogP contribution in [0, 0.1) is 6.92 Å². The third-order valence-corrected chi connectivity index (χ3v) is 3.07. The van der Waals surface area contributed by atoms with Crippen molar-refractivity contribution in [3.05, 3.63) is 47.3 Å². The molecule has 3 heteroatoms. The average Bonchev–Trinajstić information content (AvgIpc) is 2.72. The maximum atomic E-state index is 4.49. The second kappa shape index (κ2) is 3.76. The van der Waals surface area contributed by atoms with E-state index in [4.69, 9.17) is 0 Å². The summed E-state index contributed by atoms with van der Waals surface area (Å²) in [6, 6.07) is 8.46. The fourth-order valence-corrected chi connectivity index (χ4v) is 2.22. The van der Waals surface area contributed by atoms with Crippen LogP contribution >= 0.6 is 0 Å². The van der Waals surface area contributed by atoms with Gasteiger partial charge < -0.3 is 5.32 Å². The molecule has 0 radical (unpaired) electrons. The number of nitrogens with one attached hydrogen (secondary N) is 1. The minimum atomic E-state index is 0.920. The lowest BCUT2D eigenvalue weighted by Gasteiger charge is -2.15. The molecule has 0 bridgehead atoms. The third kappa shape index (κ3) is 1.53. The van der Waals surface area contributed by atoms with Gasteiger partial charge in [-0.15, -0.1) is 0 Å². The predicted octanol–water partition coefficient (Wildman–Crippen LogP) is 1.83. The van der Waals surface area contributed by atoms with Crippen LogP contribution < -0.4 is 5.32 Å². The highest BCUT2D eigenvalue weighted by atomic mass is 15.3. The van der Waals surface area contributed by atoms with E-state index in [1.165, 1.54) is 16.8 Å². The minimum absolute atomic E-state index is 0.920. The monoisotopic (exact) mass is 213 g/mol. The van der Waals surface area contributed by atoms with Crippen LogP contribution in [0.5, 0.6) is 0 Å². The van der Waals surface area contributed by atoms with Gasteiger partial charge in [-0.3, -0.25) is 0 Å². The predicted molar refractivity (Wildman–Crippen MR) is 63.7 cm³/mol. The summed E-state index contributed by atoms with van der Waals surface area (Å²) in [5, 5.41) is 7.88. The van der Waals surface area contributed by atoms with Gasteiger partial charge in [0, 0.05) is 6.54 Å². The Morgan fingerprint density at radius 2 is 2.31 bits per heavy atom. The van der Waals surface area contributed by atoms with E-state index in [-0.39, 0.29) is 0 Å². The van der Waals surface area contributed by atoms with E-state index in [1.807, 2.05) is 6.20 Å². The summed E-state index contributed by atoms with van der Waals surface area (Å²) < 4.78 is 2.05. The molecule has 0 aliphatic carbocycles. The average molecular weight is 213 g/mol. The molecule has 3 rings (SSSR count). The number of nitrogens with zero attached hydrogens (tertiary/aromatic N) is 2. The fourth-order valence-electron chi connectivity index (χ4n) is 2.22. The SMILES string of the molecule is Cc1cccc(-n2ncc3c2CNCC3)c1. The fraction of sp³-hybridized carbons (Fsp3) is 0.308. The number of hydrogen-bond donors (Lipinski definition) is 1. The van der Waals surface area contributed by atoms with E-state index in [9.17, 15) is 0 Å². The zero-order chi connectivity index (χ0) is 11.0. The molecule has 1 aromatic carbocycles. The van der Waals surface area contributed by atoms with Gasteiger partial charge in [0.2, 0.25) is 0 Å². The molecule has 82 valence electrons. The zero-order valence-electron chi connectivity index (χ0n) is 9.40. The normalized spacial score (nSPS) is 14.8. The number of benzene rings is 1. The molecular weight excluding hydrogens is 198 g/mol. The van der Waals surface area contributed by atoms with Crippen LogP contribution in [-0.4, -0.2) is 16.3 Å². The van der Waals surface area contributed by atoms with Crippen molar-refractivity contribution >= 4 is 0 Å². The number of hydrogen-bond acceptors (Lipinski definition) is 2. The summed E-state index contributed by atoms with van der Waals surface area (Å²) in [5.41, 5.74) is 5.10. The zero-order valence-corrected chi connectivity index (χ0v) is 9.40. The molecule has 2 aromatic rings. The van der Waals surface area contributed by atoms with Crippen LogP contribution in [-0.2, 0) is 13.0 Å². The van der Waals surface area contributed by atoms with E-state index in [1.54, 1.807) is 0 Å². The molecule has 0 saturated heterocycles. The number of rotatable bonds is 1. The molecule has 1 aliphatic rings. The van der Waals surface area contributed by atoms with E-state index in [0.29, 0.717) is 0 Å². The maximum Gasteiger partial charge on any atom is 0.0652 e. The van der Waals surface area contributed by atoms with Crippen molar-refractivity contribution in [1.82, 2.24) is 15.1 Å². The smallest absolute Gasteiger partial charge is 0.0652 e. The second-order valence-electron chi connectivity index (χ2n) is 4.29. The highest BCUT2D eigenvalue weighted by Crippen LogP contribution is 2.18. The van der Waals surface area contributed by atoms with Crippen LogP contribution in [0.4, 0.5) is 0 Å². The summed E-state index contributed by atoms with van der Waals surface area (Å²) in [6.07, 6.45) is 3.08. The van der Waals surface area contributed by atoms with E-state index in [2.05, 4.69) is 46.3 Å². The number of aromatic nitrogens is 2. The molecule has 0 spiro atoms. The summed E-state index contributed by atoms with van der Waals surface area (Å²) in [7, 11) is 0. The largest absolute Gasteiger partial charge is 0.311 e. The molecule has 0 amide bonds. The van der Waals surface area contributed by atoms with Gasteiger partial charge >= 0.3 is 0 Å². The van der Waals surface area contributed by atoms with Gasteiger partial charge in [0.25, 0.3) is 0 Å². The lowest BCUT2D eigenvalue weighted by Crippen LogP contribution is -2.24. The molecule has 1 N–H and O–H groups in total. The van der Waals surface area contributed by atoms with Gasteiger partial charge in [0.1, 0.15) is 0 Å². The lowest BCUT2D eigenvalue weighted by atomic mass is 10.1. The molecule has 3 nitrogen and oxygen atoms in total. The maximum absolute atomic E-state index is 4.49. The first-order valence-electron chi connectivity index (χ1n) is 5.68. The van der Waals surface area contributed by atoms with Gasteiger partial charge in [-0.1, -0.05) is 12.1 Å². The minimum Gasteiger partial charge on any atom is -0.311 e. The van der Waals surface area contributed by atoms with Crippen molar-refractivity contribution in [2.24, 2.45) is 0 Å². The van der Waals surface area contributed by atoms with Crippen molar-refractivity contribution in [3.63, 3.8) is 0 Å². The Hall–Kier alpha value is -1.61.